The molecule has 1 amide bonds. The van der Waals surface area contributed by atoms with E-state index in [9.17, 15) is 4.79 Å². The van der Waals surface area contributed by atoms with Gasteiger partial charge in [0.15, 0.2) is 11.6 Å². The molecule has 0 atom stereocenters. The van der Waals surface area contributed by atoms with Gasteiger partial charge in [-0.3, -0.25) is 4.79 Å². The van der Waals surface area contributed by atoms with Crippen LogP contribution in [0, 0.1) is 6.92 Å². The lowest BCUT2D eigenvalue weighted by molar-refractivity contribution is 0.0742. The van der Waals surface area contributed by atoms with Gasteiger partial charge in [0.05, 0.1) is 12.0 Å². The Kier molecular flexibility index (Phi) is 4.20. The molecule has 124 valence electrons. The average molecular weight is 324 g/mol. The quantitative estimate of drug-likeness (QED) is 0.738. The van der Waals surface area contributed by atoms with E-state index in [1.165, 1.54) is 0 Å². The van der Waals surface area contributed by atoms with Gasteiger partial charge in [-0.05, 0) is 45.0 Å². The van der Waals surface area contributed by atoms with E-state index in [1.54, 1.807) is 35.0 Å². The smallest absolute Gasteiger partial charge is 0.293 e. The van der Waals surface area contributed by atoms with Gasteiger partial charge in [0.2, 0.25) is 5.82 Å². The summed E-state index contributed by atoms with van der Waals surface area (Å²) in [5.41, 5.74) is 1.97. The summed E-state index contributed by atoms with van der Waals surface area (Å²) >= 11 is 0. The fourth-order valence-corrected chi connectivity index (χ4v) is 2.23. The van der Waals surface area contributed by atoms with Gasteiger partial charge in [-0.15, -0.1) is 5.10 Å². The van der Waals surface area contributed by atoms with Crippen LogP contribution in [-0.2, 0) is 0 Å². The normalized spacial score (nSPS) is 11.0. The Labute approximate surface area is 140 Å². The minimum absolute atomic E-state index is 0.0656. The first-order valence-electron chi connectivity index (χ1n) is 7.82. The van der Waals surface area contributed by atoms with Gasteiger partial charge in [0.1, 0.15) is 0 Å². The number of furan rings is 1. The molecule has 6 nitrogen and oxygen atoms in total. The average Bonchev–Trinajstić information content (AvgIpc) is 3.23. The Morgan fingerprint density at radius 2 is 1.92 bits per heavy atom. The number of aryl methyl sites for hydroxylation is 1. The highest BCUT2D eigenvalue weighted by atomic mass is 16.3. The van der Waals surface area contributed by atoms with Crippen LogP contribution in [0.3, 0.4) is 0 Å². The molecular weight excluding hydrogens is 304 g/mol. The van der Waals surface area contributed by atoms with Gasteiger partial charge < -0.3 is 9.32 Å². The van der Waals surface area contributed by atoms with Crippen LogP contribution in [0.1, 0.15) is 30.0 Å². The molecular formula is C18H20N4O2. The number of benzene rings is 1. The summed E-state index contributed by atoms with van der Waals surface area (Å²) in [5.74, 6) is 1.00. The lowest BCUT2D eigenvalue weighted by Crippen LogP contribution is -2.33. The van der Waals surface area contributed by atoms with Crippen molar-refractivity contribution in [3.63, 3.8) is 0 Å². The first-order valence-corrected chi connectivity index (χ1v) is 7.82. The first kappa shape index (κ1) is 16.0. The zero-order valence-electron chi connectivity index (χ0n) is 14.2. The lowest BCUT2D eigenvalue weighted by Gasteiger charge is -2.19. The Balaban J connectivity index is 2.10. The van der Waals surface area contributed by atoms with E-state index in [2.05, 4.69) is 10.1 Å². The minimum atomic E-state index is -0.219. The van der Waals surface area contributed by atoms with Crippen LogP contribution in [0.5, 0.6) is 0 Å². The maximum Gasteiger partial charge on any atom is 0.293 e. The molecule has 0 aliphatic carbocycles. The number of amides is 1. The molecule has 0 bridgehead atoms. The third-order valence-corrected chi connectivity index (χ3v) is 3.91. The maximum atomic E-state index is 12.6. The number of rotatable bonds is 4. The summed E-state index contributed by atoms with van der Waals surface area (Å²) in [6, 6.07) is 11.5. The Morgan fingerprint density at radius 3 is 2.50 bits per heavy atom. The molecule has 0 saturated heterocycles. The molecule has 0 fully saturated rings. The highest BCUT2D eigenvalue weighted by Crippen LogP contribution is 2.22. The molecule has 0 radical (unpaired) electrons. The fraction of sp³-hybridized carbons (Fsp3) is 0.278. The first-order chi connectivity index (χ1) is 11.5. The second-order valence-electron chi connectivity index (χ2n) is 5.99. The van der Waals surface area contributed by atoms with Crippen LogP contribution in [0.4, 0.5) is 0 Å². The molecule has 3 aromatic rings. The SMILES string of the molecule is Cc1ccc(-n2nc(C(=O)N(C)C(C)C)nc2-c2ccco2)cc1. The van der Waals surface area contributed by atoms with Crippen LogP contribution in [0.15, 0.2) is 47.1 Å². The van der Waals surface area contributed by atoms with Crippen LogP contribution in [0.2, 0.25) is 0 Å². The molecule has 2 aromatic heterocycles. The number of hydrogen-bond donors (Lipinski definition) is 0. The Hall–Kier alpha value is -2.89. The molecule has 6 heteroatoms. The molecule has 1 aromatic carbocycles. The highest BCUT2D eigenvalue weighted by molar-refractivity contribution is 5.91. The summed E-state index contributed by atoms with van der Waals surface area (Å²) in [6.07, 6.45) is 1.57. The van der Waals surface area contributed by atoms with E-state index in [1.807, 2.05) is 45.0 Å². The van der Waals surface area contributed by atoms with E-state index in [-0.39, 0.29) is 17.8 Å². The molecule has 0 aliphatic heterocycles. The van der Waals surface area contributed by atoms with Gasteiger partial charge in [0, 0.05) is 13.1 Å². The summed E-state index contributed by atoms with van der Waals surface area (Å²) in [5, 5.41) is 4.42. The number of hydrogen-bond acceptors (Lipinski definition) is 4. The molecule has 0 N–H and O–H groups in total. The van der Waals surface area contributed by atoms with Crippen molar-refractivity contribution >= 4 is 5.91 Å². The lowest BCUT2D eigenvalue weighted by atomic mass is 10.2. The topological polar surface area (TPSA) is 64.2 Å². The van der Waals surface area contributed by atoms with Crippen LogP contribution >= 0.6 is 0 Å². The second kappa shape index (κ2) is 6.31. The minimum Gasteiger partial charge on any atom is -0.461 e. The summed E-state index contributed by atoms with van der Waals surface area (Å²) in [7, 11) is 1.74. The van der Waals surface area contributed by atoms with E-state index in [0.29, 0.717) is 11.6 Å². The van der Waals surface area contributed by atoms with Gasteiger partial charge in [-0.2, -0.15) is 4.98 Å². The van der Waals surface area contributed by atoms with Crippen molar-refractivity contribution in [2.75, 3.05) is 7.05 Å². The molecule has 0 spiro atoms. The van der Waals surface area contributed by atoms with Crippen LogP contribution < -0.4 is 0 Å². The number of aromatic nitrogens is 3. The van der Waals surface area contributed by atoms with Crippen LogP contribution in [0.25, 0.3) is 17.3 Å². The van der Waals surface area contributed by atoms with Crippen molar-refractivity contribution in [1.82, 2.24) is 19.7 Å². The third-order valence-electron chi connectivity index (χ3n) is 3.91. The molecule has 3 rings (SSSR count). The predicted molar refractivity (Wildman–Crippen MR) is 91.0 cm³/mol. The number of nitrogens with zero attached hydrogens (tertiary/aromatic N) is 4. The van der Waals surface area contributed by atoms with Crippen molar-refractivity contribution < 1.29 is 9.21 Å². The van der Waals surface area contributed by atoms with Gasteiger partial charge in [0.25, 0.3) is 5.91 Å². The molecule has 24 heavy (non-hydrogen) atoms. The highest BCUT2D eigenvalue weighted by Gasteiger charge is 2.23. The standard InChI is InChI=1S/C18H20N4O2/c1-12(2)21(4)18(23)16-19-17(15-6-5-11-24-15)22(20-16)14-9-7-13(3)8-10-14/h5-12H,1-4H3. The summed E-state index contributed by atoms with van der Waals surface area (Å²) < 4.78 is 7.10. The molecule has 2 heterocycles. The molecule has 0 saturated carbocycles. The summed E-state index contributed by atoms with van der Waals surface area (Å²) in [6.45, 7) is 5.91. The zero-order chi connectivity index (χ0) is 17.3. The van der Waals surface area contributed by atoms with Gasteiger partial charge in [-0.25, -0.2) is 4.68 Å². The molecule has 0 aliphatic rings. The zero-order valence-corrected chi connectivity index (χ0v) is 14.2. The van der Waals surface area contributed by atoms with Crippen LogP contribution in [-0.4, -0.2) is 38.7 Å². The maximum absolute atomic E-state index is 12.6. The largest absolute Gasteiger partial charge is 0.461 e. The number of carbonyl (C=O) groups is 1. The van der Waals surface area contributed by atoms with Gasteiger partial charge in [-0.1, -0.05) is 17.7 Å². The number of carbonyl (C=O) groups excluding carboxylic acids is 1. The van der Waals surface area contributed by atoms with Crippen molar-refractivity contribution in [2.24, 2.45) is 0 Å². The fourth-order valence-electron chi connectivity index (χ4n) is 2.23. The van der Waals surface area contributed by atoms with Crippen molar-refractivity contribution in [3.05, 3.63) is 54.0 Å². The Morgan fingerprint density at radius 1 is 1.21 bits per heavy atom. The summed E-state index contributed by atoms with van der Waals surface area (Å²) in [4.78, 5) is 18.6. The molecule has 0 unspecified atom stereocenters. The predicted octanol–water partition coefficient (Wildman–Crippen LogP) is 3.32. The monoisotopic (exact) mass is 324 g/mol. The van der Waals surface area contributed by atoms with E-state index < -0.39 is 0 Å². The van der Waals surface area contributed by atoms with Gasteiger partial charge >= 0.3 is 0 Å². The Bertz CT molecular complexity index is 833. The van der Waals surface area contributed by atoms with E-state index >= 15 is 0 Å². The van der Waals surface area contributed by atoms with E-state index in [0.717, 1.165) is 11.3 Å². The second-order valence-corrected chi connectivity index (χ2v) is 5.99. The van der Waals surface area contributed by atoms with Crippen molar-refractivity contribution in [3.8, 4) is 17.3 Å². The van der Waals surface area contributed by atoms with Crippen molar-refractivity contribution in [1.29, 1.82) is 0 Å². The van der Waals surface area contributed by atoms with Crippen molar-refractivity contribution in [2.45, 2.75) is 26.8 Å². The van der Waals surface area contributed by atoms with E-state index in [4.69, 9.17) is 4.42 Å². The third kappa shape index (κ3) is 2.95.